The number of hydrogen-bond donors (Lipinski definition) is 1. The molecule has 1 unspecified atom stereocenters. The molecule has 110 valence electrons. The largest absolute Gasteiger partial charge is 0.330 e. The van der Waals surface area contributed by atoms with Crippen molar-refractivity contribution in [2.24, 2.45) is 11.7 Å². The van der Waals surface area contributed by atoms with Crippen LogP contribution in [0.4, 0.5) is 0 Å². The van der Waals surface area contributed by atoms with Crippen LogP contribution in [0.1, 0.15) is 46.0 Å². The van der Waals surface area contributed by atoms with Crippen LogP contribution in [0.2, 0.25) is 0 Å². The Morgan fingerprint density at radius 2 is 2.05 bits per heavy atom. The first kappa shape index (κ1) is 15.2. The van der Waals surface area contributed by atoms with Gasteiger partial charge in [-0.3, -0.25) is 9.69 Å². The molecule has 0 bridgehead atoms. The van der Waals surface area contributed by atoms with Crippen molar-refractivity contribution < 1.29 is 4.79 Å². The zero-order valence-electron chi connectivity index (χ0n) is 13.1. The van der Waals surface area contributed by atoms with Crippen molar-refractivity contribution in [3.63, 3.8) is 0 Å². The highest BCUT2D eigenvalue weighted by Crippen LogP contribution is 2.26. The third kappa shape index (κ3) is 2.94. The minimum atomic E-state index is 0.169. The van der Waals surface area contributed by atoms with Gasteiger partial charge >= 0.3 is 0 Å². The van der Waals surface area contributed by atoms with E-state index in [2.05, 4.69) is 24.8 Å². The Labute approximate surface area is 122 Å². The molecular formula is C17H26N2O. The summed E-state index contributed by atoms with van der Waals surface area (Å²) in [7, 11) is 0. The third-order valence-corrected chi connectivity index (χ3v) is 4.57. The summed E-state index contributed by atoms with van der Waals surface area (Å²) in [6.45, 7) is 11.8. The van der Waals surface area contributed by atoms with Crippen LogP contribution in [0.3, 0.4) is 0 Å². The maximum atomic E-state index is 11.9. The molecule has 2 N–H and O–H groups in total. The number of ketones is 1. The van der Waals surface area contributed by atoms with Gasteiger partial charge in [0.05, 0.1) is 0 Å². The van der Waals surface area contributed by atoms with Crippen LogP contribution < -0.4 is 5.73 Å². The molecule has 0 radical (unpaired) electrons. The van der Waals surface area contributed by atoms with Crippen LogP contribution in [0.5, 0.6) is 0 Å². The lowest BCUT2D eigenvalue weighted by atomic mass is 9.91. The number of benzene rings is 1. The molecule has 1 aliphatic heterocycles. The van der Waals surface area contributed by atoms with Gasteiger partial charge in [0.2, 0.25) is 0 Å². The van der Waals surface area contributed by atoms with E-state index >= 15 is 0 Å². The molecule has 20 heavy (non-hydrogen) atoms. The molecule has 0 spiro atoms. The van der Waals surface area contributed by atoms with E-state index < -0.39 is 0 Å². The van der Waals surface area contributed by atoms with E-state index in [0.717, 1.165) is 42.9 Å². The normalized spacial score (nSPS) is 19.6. The zero-order valence-corrected chi connectivity index (χ0v) is 13.1. The number of nitrogens with zero attached hydrogens (tertiary/aromatic N) is 1. The summed E-state index contributed by atoms with van der Waals surface area (Å²) in [5, 5.41) is 0. The van der Waals surface area contributed by atoms with E-state index in [1.165, 1.54) is 17.5 Å². The summed E-state index contributed by atoms with van der Waals surface area (Å²) >= 11 is 0. The molecule has 1 aliphatic rings. The summed E-state index contributed by atoms with van der Waals surface area (Å²) in [5.41, 5.74) is 11.5. The lowest BCUT2D eigenvalue weighted by Gasteiger charge is -2.21. The number of hydrogen-bond acceptors (Lipinski definition) is 3. The predicted octanol–water partition coefficient (Wildman–Crippen LogP) is 2.60. The Morgan fingerprint density at radius 1 is 1.35 bits per heavy atom. The minimum Gasteiger partial charge on any atom is -0.330 e. The maximum absolute atomic E-state index is 11.9. The number of aryl methyl sites for hydroxylation is 2. The van der Waals surface area contributed by atoms with Gasteiger partial charge in [-0.25, -0.2) is 0 Å². The van der Waals surface area contributed by atoms with E-state index in [1.807, 2.05) is 6.92 Å². The fourth-order valence-electron chi connectivity index (χ4n) is 3.48. The Hall–Kier alpha value is -1.19. The Kier molecular flexibility index (Phi) is 4.61. The fourth-order valence-corrected chi connectivity index (χ4v) is 3.48. The summed E-state index contributed by atoms with van der Waals surface area (Å²) in [6.07, 6.45) is 1.19. The van der Waals surface area contributed by atoms with Gasteiger partial charge in [0.15, 0.2) is 5.78 Å². The molecule has 3 nitrogen and oxygen atoms in total. The summed E-state index contributed by atoms with van der Waals surface area (Å²) in [5.74, 6) is 0.802. The van der Waals surface area contributed by atoms with Gasteiger partial charge in [-0.15, -0.1) is 0 Å². The van der Waals surface area contributed by atoms with Crippen molar-refractivity contribution in [1.29, 1.82) is 0 Å². The zero-order chi connectivity index (χ0) is 14.9. The SMILES string of the molecule is CC(=O)c1c(C)cc(C)c(CN2CCC(CN)C2)c1C. The molecule has 1 atom stereocenters. The van der Waals surface area contributed by atoms with Crippen molar-refractivity contribution in [2.75, 3.05) is 19.6 Å². The van der Waals surface area contributed by atoms with Crippen LogP contribution in [0.25, 0.3) is 0 Å². The predicted molar refractivity (Wildman–Crippen MR) is 83.1 cm³/mol. The third-order valence-electron chi connectivity index (χ3n) is 4.57. The van der Waals surface area contributed by atoms with E-state index in [4.69, 9.17) is 5.73 Å². The highest BCUT2D eigenvalue weighted by molar-refractivity contribution is 5.97. The standard InChI is InChI=1S/C17H26N2O/c1-11-7-12(2)17(14(4)20)13(3)16(11)10-19-6-5-15(8-18)9-19/h7,15H,5-6,8-10,18H2,1-4H3. The van der Waals surface area contributed by atoms with Crippen LogP contribution >= 0.6 is 0 Å². The summed E-state index contributed by atoms with van der Waals surface area (Å²) in [4.78, 5) is 14.3. The summed E-state index contributed by atoms with van der Waals surface area (Å²) in [6, 6.07) is 2.15. The van der Waals surface area contributed by atoms with Gasteiger partial charge < -0.3 is 5.73 Å². The maximum Gasteiger partial charge on any atom is 0.160 e. The highest BCUT2D eigenvalue weighted by atomic mass is 16.1. The molecule has 3 heteroatoms. The first-order valence-electron chi connectivity index (χ1n) is 7.47. The minimum absolute atomic E-state index is 0.169. The van der Waals surface area contributed by atoms with Crippen LogP contribution in [0.15, 0.2) is 6.07 Å². The van der Waals surface area contributed by atoms with Crippen molar-refractivity contribution in [1.82, 2.24) is 4.90 Å². The van der Waals surface area contributed by atoms with Gasteiger partial charge in [-0.2, -0.15) is 0 Å². The Bertz CT molecular complexity index is 522. The molecule has 0 amide bonds. The molecule has 0 aromatic heterocycles. The molecule has 2 rings (SSSR count). The second-order valence-electron chi connectivity index (χ2n) is 6.17. The molecule has 1 aromatic carbocycles. The van der Waals surface area contributed by atoms with E-state index in [-0.39, 0.29) is 5.78 Å². The Balaban J connectivity index is 2.28. The number of nitrogens with two attached hydrogens (primary N) is 1. The second kappa shape index (κ2) is 6.06. The smallest absolute Gasteiger partial charge is 0.160 e. The first-order chi connectivity index (χ1) is 9.43. The number of carbonyl (C=O) groups is 1. The van der Waals surface area contributed by atoms with E-state index in [0.29, 0.717) is 5.92 Å². The molecule has 1 aromatic rings. The van der Waals surface area contributed by atoms with Crippen molar-refractivity contribution in [2.45, 2.75) is 40.7 Å². The number of likely N-dealkylation sites (tertiary alicyclic amines) is 1. The molecule has 1 saturated heterocycles. The molecule has 0 saturated carbocycles. The van der Waals surface area contributed by atoms with Crippen LogP contribution in [-0.2, 0) is 6.54 Å². The second-order valence-corrected chi connectivity index (χ2v) is 6.17. The molecule has 0 aliphatic carbocycles. The van der Waals surface area contributed by atoms with Gasteiger partial charge in [0, 0.05) is 18.7 Å². The highest BCUT2D eigenvalue weighted by Gasteiger charge is 2.23. The molecule has 1 heterocycles. The van der Waals surface area contributed by atoms with Gasteiger partial charge in [-0.1, -0.05) is 6.07 Å². The number of Topliss-reactive ketones (excluding diaryl/α,β-unsaturated/α-hetero) is 1. The average Bonchev–Trinajstić information content (AvgIpc) is 2.81. The van der Waals surface area contributed by atoms with Crippen molar-refractivity contribution in [3.8, 4) is 0 Å². The molecular weight excluding hydrogens is 248 g/mol. The fraction of sp³-hybridized carbons (Fsp3) is 0.588. The van der Waals surface area contributed by atoms with Gasteiger partial charge in [0.1, 0.15) is 0 Å². The van der Waals surface area contributed by atoms with Crippen LogP contribution in [-0.4, -0.2) is 30.3 Å². The monoisotopic (exact) mass is 274 g/mol. The first-order valence-corrected chi connectivity index (χ1v) is 7.47. The van der Waals surface area contributed by atoms with E-state index in [9.17, 15) is 4.79 Å². The van der Waals surface area contributed by atoms with Gasteiger partial charge in [-0.05, 0) is 75.4 Å². The molecule has 1 fully saturated rings. The number of carbonyl (C=O) groups excluding carboxylic acids is 1. The van der Waals surface area contributed by atoms with Crippen molar-refractivity contribution in [3.05, 3.63) is 33.9 Å². The topological polar surface area (TPSA) is 46.3 Å². The lowest BCUT2D eigenvalue weighted by molar-refractivity contribution is 0.101. The van der Waals surface area contributed by atoms with Gasteiger partial charge in [0.25, 0.3) is 0 Å². The quantitative estimate of drug-likeness (QED) is 0.858. The number of rotatable bonds is 4. The lowest BCUT2D eigenvalue weighted by Crippen LogP contribution is -2.24. The summed E-state index contributed by atoms with van der Waals surface area (Å²) < 4.78 is 0. The average molecular weight is 274 g/mol. The van der Waals surface area contributed by atoms with Crippen molar-refractivity contribution >= 4 is 5.78 Å². The van der Waals surface area contributed by atoms with E-state index in [1.54, 1.807) is 6.92 Å². The Morgan fingerprint density at radius 3 is 2.60 bits per heavy atom. The van der Waals surface area contributed by atoms with Crippen LogP contribution in [0, 0.1) is 26.7 Å².